The summed E-state index contributed by atoms with van der Waals surface area (Å²) in [6.45, 7) is -0.0710. The molecule has 1 aromatic rings. The Labute approximate surface area is 150 Å². The average molecular weight is 365 g/mol. The minimum absolute atomic E-state index is 0.0710. The maximum Gasteiger partial charge on any atom is 0.326 e. The number of halogens is 2. The Morgan fingerprint density at radius 1 is 1.27 bits per heavy atom. The van der Waals surface area contributed by atoms with Gasteiger partial charge in [-0.25, -0.2) is 9.18 Å². The fourth-order valence-electron chi connectivity index (χ4n) is 3.64. The summed E-state index contributed by atoms with van der Waals surface area (Å²) in [5.41, 5.74) is 0. The van der Waals surface area contributed by atoms with Gasteiger partial charge in [0.1, 0.15) is 11.8 Å². The molecule has 0 bridgehead atoms. The Balaban J connectivity index is 1.68. The number of carboxylic acids is 1. The van der Waals surface area contributed by atoms with Crippen LogP contribution in [0.2, 0.25) is 0 Å². The van der Waals surface area contributed by atoms with Crippen LogP contribution in [0.5, 0.6) is 5.75 Å². The van der Waals surface area contributed by atoms with E-state index in [0.717, 1.165) is 44.2 Å². The van der Waals surface area contributed by atoms with Gasteiger partial charge in [0, 0.05) is 6.08 Å². The smallest absolute Gasteiger partial charge is 0.326 e. The summed E-state index contributed by atoms with van der Waals surface area (Å²) in [5.74, 6) is -3.68. The third kappa shape index (κ3) is 4.03. The van der Waals surface area contributed by atoms with Gasteiger partial charge in [0.25, 0.3) is 5.91 Å². The number of hydrogen-bond donors (Lipinski definition) is 1. The van der Waals surface area contributed by atoms with Gasteiger partial charge in [0.2, 0.25) is 5.82 Å². The van der Waals surface area contributed by atoms with Crippen molar-refractivity contribution in [3.05, 3.63) is 41.7 Å². The first kappa shape index (κ1) is 18.4. The third-order valence-corrected chi connectivity index (χ3v) is 4.99. The zero-order valence-corrected chi connectivity index (χ0v) is 14.3. The van der Waals surface area contributed by atoms with E-state index in [1.165, 1.54) is 17.0 Å². The molecule has 0 aromatic heterocycles. The molecule has 5 nitrogen and oxygen atoms in total. The quantitative estimate of drug-likeness (QED) is 0.838. The highest BCUT2D eigenvalue weighted by atomic mass is 19.2. The van der Waals surface area contributed by atoms with Crippen LogP contribution in [0.3, 0.4) is 0 Å². The van der Waals surface area contributed by atoms with Crippen molar-refractivity contribution >= 4 is 11.9 Å². The molecule has 2 aliphatic rings. The molecule has 1 fully saturated rings. The van der Waals surface area contributed by atoms with Gasteiger partial charge in [-0.15, -0.1) is 0 Å². The summed E-state index contributed by atoms with van der Waals surface area (Å²) in [7, 11) is 0. The molecule has 140 valence electrons. The van der Waals surface area contributed by atoms with E-state index in [-0.39, 0.29) is 24.0 Å². The predicted octanol–water partition coefficient (Wildman–Crippen LogP) is 3.49. The molecule has 3 rings (SSSR count). The van der Waals surface area contributed by atoms with Gasteiger partial charge in [-0.2, -0.15) is 4.39 Å². The first-order chi connectivity index (χ1) is 12.5. The minimum atomic E-state index is -1.14. The topological polar surface area (TPSA) is 66.8 Å². The van der Waals surface area contributed by atoms with Crippen molar-refractivity contribution in [3.8, 4) is 5.75 Å². The summed E-state index contributed by atoms with van der Waals surface area (Å²) in [6, 6.07) is 2.57. The SMILES string of the molecule is O=C(O)C(CC1CCCCC1)N1CC(Oc2cccc(F)c2F)=CC1=O. The molecule has 0 saturated heterocycles. The molecule has 0 radical (unpaired) electrons. The molecule has 1 aliphatic heterocycles. The lowest BCUT2D eigenvalue weighted by Gasteiger charge is -2.30. The number of benzene rings is 1. The van der Waals surface area contributed by atoms with Gasteiger partial charge in [0.15, 0.2) is 11.6 Å². The van der Waals surface area contributed by atoms with Crippen LogP contribution < -0.4 is 4.74 Å². The first-order valence-electron chi connectivity index (χ1n) is 8.81. The van der Waals surface area contributed by atoms with E-state index >= 15 is 0 Å². The molecule has 1 unspecified atom stereocenters. The monoisotopic (exact) mass is 365 g/mol. The van der Waals surface area contributed by atoms with Gasteiger partial charge in [-0.3, -0.25) is 4.79 Å². The minimum Gasteiger partial charge on any atom is -0.480 e. The fraction of sp³-hybridized carbons (Fsp3) is 0.474. The van der Waals surface area contributed by atoms with E-state index in [1.54, 1.807) is 0 Å². The van der Waals surface area contributed by atoms with E-state index in [0.29, 0.717) is 6.42 Å². The number of carbonyl (C=O) groups is 2. The van der Waals surface area contributed by atoms with Crippen LogP contribution in [-0.2, 0) is 9.59 Å². The van der Waals surface area contributed by atoms with Crippen molar-refractivity contribution < 1.29 is 28.2 Å². The van der Waals surface area contributed by atoms with E-state index in [9.17, 15) is 23.5 Å². The maximum atomic E-state index is 13.7. The predicted molar refractivity (Wildman–Crippen MR) is 89.4 cm³/mol. The molecular formula is C19H21F2NO4. The van der Waals surface area contributed by atoms with Gasteiger partial charge in [0.05, 0.1) is 6.54 Å². The molecule has 26 heavy (non-hydrogen) atoms. The number of hydrogen-bond acceptors (Lipinski definition) is 3. The highest BCUT2D eigenvalue weighted by Crippen LogP contribution is 2.30. The standard InChI is InChI=1S/C19H21F2NO4/c20-14-7-4-8-16(18(14)21)26-13-10-17(23)22(11-13)15(19(24)25)9-12-5-2-1-3-6-12/h4,7-8,10,12,15H,1-3,5-6,9,11H2,(H,24,25). The lowest BCUT2D eigenvalue weighted by atomic mass is 9.84. The largest absolute Gasteiger partial charge is 0.480 e. The number of nitrogens with zero attached hydrogens (tertiary/aromatic N) is 1. The molecule has 1 N–H and O–H groups in total. The second kappa shape index (κ2) is 7.85. The van der Waals surface area contributed by atoms with E-state index in [4.69, 9.17) is 4.74 Å². The summed E-state index contributed by atoms with van der Waals surface area (Å²) in [4.78, 5) is 25.2. The van der Waals surface area contributed by atoms with Crippen LogP contribution in [0, 0.1) is 17.6 Å². The first-order valence-corrected chi connectivity index (χ1v) is 8.81. The molecular weight excluding hydrogens is 344 g/mol. The third-order valence-electron chi connectivity index (χ3n) is 4.99. The number of carboxylic acid groups (broad SMARTS) is 1. The van der Waals surface area contributed by atoms with Crippen LogP contribution >= 0.6 is 0 Å². The molecule has 1 heterocycles. The van der Waals surface area contributed by atoms with Crippen molar-refractivity contribution in [2.24, 2.45) is 5.92 Å². The number of ether oxygens (including phenoxy) is 1. The molecule has 1 atom stereocenters. The van der Waals surface area contributed by atoms with Gasteiger partial charge in [-0.1, -0.05) is 38.2 Å². The van der Waals surface area contributed by atoms with Crippen molar-refractivity contribution in [2.75, 3.05) is 6.54 Å². The lowest BCUT2D eigenvalue weighted by Crippen LogP contribution is -2.44. The number of rotatable bonds is 6. The molecule has 1 saturated carbocycles. The summed E-state index contributed by atoms with van der Waals surface area (Å²) < 4.78 is 32.3. The maximum absolute atomic E-state index is 13.7. The zero-order chi connectivity index (χ0) is 18.7. The van der Waals surface area contributed by atoms with Gasteiger partial charge >= 0.3 is 5.97 Å². The van der Waals surface area contributed by atoms with Crippen molar-refractivity contribution in [1.82, 2.24) is 4.90 Å². The molecule has 0 spiro atoms. The second-order valence-corrected chi connectivity index (χ2v) is 6.82. The lowest BCUT2D eigenvalue weighted by molar-refractivity contribution is -0.148. The van der Waals surface area contributed by atoms with Crippen LogP contribution in [0.25, 0.3) is 0 Å². The summed E-state index contributed by atoms with van der Waals surface area (Å²) in [5, 5.41) is 9.57. The van der Waals surface area contributed by atoms with E-state index < -0.39 is 29.6 Å². The van der Waals surface area contributed by atoms with Crippen LogP contribution in [-0.4, -0.2) is 34.5 Å². The second-order valence-electron chi connectivity index (χ2n) is 6.82. The van der Waals surface area contributed by atoms with Crippen LogP contribution in [0.1, 0.15) is 38.5 Å². The van der Waals surface area contributed by atoms with Crippen LogP contribution in [0.4, 0.5) is 8.78 Å². The number of amides is 1. The summed E-state index contributed by atoms with van der Waals surface area (Å²) in [6.07, 6.45) is 6.80. The number of aliphatic carboxylic acids is 1. The van der Waals surface area contributed by atoms with Gasteiger partial charge < -0.3 is 14.7 Å². The normalized spacial score (nSPS) is 19.4. The van der Waals surface area contributed by atoms with Crippen molar-refractivity contribution in [2.45, 2.75) is 44.6 Å². The highest BCUT2D eigenvalue weighted by molar-refractivity contribution is 5.94. The Bertz CT molecular complexity index is 728. The Morgan fingerprint density at radius 3 is 2.69 bits per heavy atom. The highest BCUT2D eigenvalue weighted by Gasteiger charge is 2.36. The summed E-state index contributed by atoms with van der Waals surface area (Å²) >= 11 is 0. The van der Waals surface area contributed by atoms with Crippen LogP contribution in [0.15, 0.2) is 30.0 Å². The molecule has 1 amide bonds. The van der Waals surface area contributed by atoms with Crippen molar-refractivity contribution in [3.63, 3.8) is 0 Å². The average Bonchev–Trinajstić information content (AvgIpc) is 2.97. The van der Waals surface area contributed by atoms with E-state index in [1.807, 2.05) is 0 Å². The van der Waals surface area contributed by atoms with Crippen molar-refractivity contribution in [1.29, 1.82) is 0 Å². The molecule has 7 heteroatoms. The van der Waals surface area contributed by atoms with E-state index in [2.05, 4.69) is 0 Å². The Hall–Kier alpha value is -2.44. The number of carbonyl (C=O) groups excluding carboxylic acids is 1. The molecule has 1 aromatic carbocycles. The Kier molecular flexibility index (Phi) is 5.54. The Morgan fingerprint density at radius 2 is 2.00 bits per heavy atom. The fourth-order valence-corrected chi connectivity index (χ4v) is 3.64. The van der Waals surface area contributed by atoms with Gasteiger partial charge in [-0.05, 0) is 24.5 Å². The molecule has 1 aliphatic carbocycles. The zero-order valence-electron chi connectivity index (χ0n) is 14.3.